The zero-order valence-electron chi connectivity index (χ0n) is 12.9. The largest absolute Gasteiger partial charge is 0.397 e. The van der Waals surface area contributed by atoms with Crippen LogP contribution in [0.3, 0.4) is 0 Å². The monoisotopic (exact) mass is 309 g/mol. The quantitative estimate of drug-likeness (QED) is 0.842. The Morgan fingerprint density at radius 3 is 2.90 bits per heavy atom. The Kier molecular flexibility index (Phi) is 5.12. The molecule has 5 heteroatoms. The Morgan fingerprint density at radius 2 is 2.19 bits per heavy atom. The van der Waals surface area contributed by atoms with Crippen molar-refractivity contribution in [3.8, 4) is 0 Å². The van der Waals surface area contributed by atoms with Gasteiger partial charge in [-0.05, 0) is 57.4 Å². The van der Waals surface area contributed by atoms with Crippen molar-refractivity contribution in [3.63, 3.8) is 0 Å². The molecule has 3 unspecified atom stereocenters. The number of hydrogen-bond donors (Lipinski definition) is 2. The van der Waals surface area contributed by atoms with Gasteiger partial charge in [-0.1, -0.05) is 18.5 Å². The highest BCUT2D eigenvalue weighted by Crippen LogP contribution is 2.26. The van der Waals surface area contributed by atoms with Gasteiger partial charge in [0.05, 0.1) is 17.4 Å². The number of hydrogen-bond acceptors (Lipinski definition) is 3. The Balaban J connectivity index is 2.07. The maximum Gasteiger partial charge on any atom is 0.241 e. The summed E-state index contributed by atoms with van der Waals surface area (Å²) >= 11 is 5.95. The maximum atomic E-state index is 12.5. The molecular formula is C16H24ClN3O. The van der Waals surface area contributed by atoms with Crippen molar-refractivity contribution in [2.24, 2.45) is 5.92 Å². The molecule has 0 aromatic heterocycles. The summed E-state index contributed by atoms with van der Waals surface area (Å²) in [5.41, 5.74) is 6.99. The predicted octanol–water partition coefficient (Wildman–Crippen LogP) is 3.37. The molecular weight excluding hydrogens is 286 g/mol. The smallest absolute Gasteiger partial charge is 0.241 e. The van der Waals surface area contributed by atoms with E-state index in [9.17, 15) is 4.79 Å². The molecule has 1 heterocycles. The molecule has 1 aliphatic heterocycles. The Bertz CT molecular complexity index is 520. The molecule has 1 fully saturated rings. The van der Waals surface area contributed by atoms with Gasteiger partial charge in [-0.15, -0.1) is 0 Å². The lowest BCUT2D eigenvalue weighted by Gasteiger charge is -2.41. The third-order valence-corrected chi connectivity index (χ3v) is 4.81. The average Bonchev–Trinajstić information content (AvgIpc) is 2.45. The van der Waals surface area contributed by atoms with E-state index in [0.717, 1.165) is 13.0 Å². The first kappa shape index (κ1) is 16.1. The number of carbonyl (C=O) groups is 1. The van der Waals surface area contributed by atoms with Crippen LogP contribution >= 0.6 is 11.6 Å². The number of nitrogens with zero attached hydrogens (tertiary/aromatic N) is 1. The van der Waals surface area contributed by atoms with Crippen molar-refractivity contribution in [2.75, 3.05) is 17.6 Å². The molecule has 0 saturated carbocycles. The molecule has 116 valence electrons. The molecule has 21 heavy (non-hydrogen) atoms. The number of likely N-dealkylation sites (tertiary alicyclic amines) is 1. The number of piperidine rings is 1. The van der Waals surface area contributed by atoms with Gasteiger partial charge in [0, 0.05) is 11.1 Å². The summed E-state index contributed by atoms with van der Waals surface area (Å²) in [6.45, 7) is 7.35. The van der Waals surface area contributed by atoms with Crippen molar-refractivity contribution in [1.82, 2.24) is 4.90 Å². The number of halogens is 1. The van der Waals surface area contributed by atoms with Crippen LogP contribution < -0.4 is 11.1 Å². The van der Waals surface area contributed by atoms with E-state index in [1.165, 1.54) is 6.42 Å². The Hall–Kier alpha value is -1.26. The van der Waals surface area contributed by atoms with Gasteiger partial charge in [0.15, 0.2) is 0 Å². The molecule has 1 amide bonds. The number of nitrogens with two attached hydrogens (primary N) is 1. The number of carbonyl (C=O) groups excluding carboxylic acids is 1. The van der Waals surface area contributed by atoms with Gasteiger partial charge >= 0.3 is 0 Å². The van der Waals surface area contributed by atoms with Gasteiger partial charge in [0.25, 0.3) is 0 Å². The number of nitrogens with one attached hydrogen (secondary N) is 1. The van der Waals surface area contributed by atoms with Crippen LogP contribution in [0.1, 0.15) is 33.6 Å². The van der Waals surface area contributed by atoms with Crippen molar-refractivity contribution in [1.29, 1.82) is 0 Å². The number of anilines is 2. The third-order valence-electron chi connectivity index (χ3n) is 4.57. The van der Waals surface area contributed by atoms with Crippen LogP contribution in [0, 0.1) is 5.92 Å². The fourth-order valence-electron chi connectivity index (χ4n) is 2.94. The van der Waals surface area contributed by atoms with E-state index >= 15 is 0 Å². The standard InChI is InChI=1S/C16H24ClN3O/c1-10-5-4-8-20(11(10)2)12(3)16(21)19-15-9-13(17)6-7-14(15)18/h6-7,9-12H,4-5,8,18H2,1-3H3,(H,19,21). The van der Waals surface area contributed by atoms with E-state index in [2.05, 4.69) is 24.1 Å². The minimum Gasteiger partial charge on any atom is -0.397 e. The molecule has 1 aromatic carbocycles. The third kappa shape index (κ3) is 3.69. The van der Waals surface area contributed by atoms with Crippen LogP contribution in [0.15, 0.2) is 18.2 Å². The van der Waals surface area contributed by atoms with Gasteiger partial charge in [0.2, 0.25) is 5.91 Å². The van der Waals surface area contributed by atoms with Crippen LogP contribution in [0.2, 0.25) is 5.02 Å². The lowest BCUT2D eigenvalue weighted by molar-refractivity contribution is -0.122. The topological polar surface area (TPSA) is 58.4 Å². The molecule has 0 aliphatic carbocycles. The van der Waals surface area contributed by atoms with E-state index in [0.29, 0.717) is 28.4 Å². The summed E-state index contributed by atoms with van der Waals surface area (Å²) in [6, 6.07) is 5.33. The summed E-state index contributed by atoms with van der Waals surface area (Å²) in [6.07, 6.45) is 2.37. The molecule has 3 N–H and O–H groups in total. The SMILES string of the molecule is CC1CCCN(C(C)C(=O)Nc2cc(Cl)ccc2N)C1C. The fraction of sp³-hybridized carbons (Fsp3) is 0.562. The second-order valence-electron chi connectivity index (χ2n) is 5.99. The molecule has 0 spiro atoms. The summed E-state index contributed by atoms with van der Waals surface area (Å²) in [5.74, 6) is 0.579. The summed E-state index contributed by atoms with van der Waals surface area (Å²) in [7, 11) is 0. The van der Waals surface area contributed by atoms with Crippen molar-refractivity contribution in [2.45, 2.75) is 45.7 Å². The first-order chi connectivity index (χ1) is 9.90. The fourth-order valence-corrected chi connectivity index (χ4v) is 3.11. The zero-order valence-corrected chi connectivity index (χ0v) is 13.7. The molecule has 1 aliphatic rings. The molecule has 1 saturated heterocycles. The maximum absolute atomic E-state index is 12.5. The molecule has 0 bridgehead atoms. The number of nitrogen functional groups attached to an aromatic ring is 1. The number of amides is 1. The van der Waals surface area contributed by atoms with Crippen molar-refractivity contribution >= 4 is 28.9 Å². The number of rotatable bonds is 3. The first-order valence-electron chi connectivity index (χ1n) is 7.51. The second kappa shape index (κ2) is 6.67. The molecule has 1 aromatic rings. The van der Waals surface area contributed by atoms with Gasteiger partial charge < -0.3 is 11.1 Å². The van der Waals surface area contributed by atoms with Gasteiger partial charge in [-0.2, -0.15) is 0 Å². The molecule has 2 rings (SSSR count). The highest BCUT2D eigenvalue weighted by Gasteiger charge is 2.31. The first-order valence-corrected chi connectivity index (χ1v) is 7.89. The van der Waals surface area contributed by atoms with Gasteiger partial charge in [0.1, 0.15) is 0 Å². The van der Waals surface area contributed by atoms with Crippen LogP contribution in [-0.4, -0.2) is 29.4 Å². The predicted molar refractivity (Wildman–Crippen MR) is 88.5 cm³/mol. The van der Waals surface area contributed by atoms with Crippen LogP contribution in [-0.2, 0) is 4.79 Å². The van der Waals surface area contributed by atoms with Crippen LogP contribution in [0.25, 0.3) is 0 Å². The molecule has 4 nitrogen and oxygen atoms in total. The Labute approximate surface area is 131 Å². The summed E-state index contributed by atoms with van der Waals surface area (Å²) < 4.78 is 0. The summed E-state index contributed by atoms with van der Waals surface area (Å²) in [4.78, 5) is 14.7. The van der Waals surface area contributed by atoms with Gasteiger partial charge in [-0.25, -0.2) is 0 Å². The summed E-state index contributed by atoms with van der Waals surface area (Å²) in [5, 5.41) is 3.46. The minimum absolute atomic E-state index is 0.0371. The van der Waals surface area contributed by atoms with E-state index < -0.39 is 0 Å². The van der Waals surface area contributed by atoms with Crippen LogP contribution in [0.4, 0.5) is 11.4 Å². The lowest BCUT2D eigenvalue weighted by atomic mass is 9.91. The zero-order chi connectivity index (χ0) is 15.6. The van der Waals surface area contributed by atoms with Crippen LogP contribution in [0.5, 0.6) is 0 Å². The second-order valence-corrected chi connectivity index (χ2v) is 6.43. The van der Waals surface area contributed by atoms with E-state index in [1.54, 1.807) is 18.2 Å². The van der Waals surface area contributed by atoms with E-state index in [1.807, 2.05) is 6.92 Å². The molecule has 0 radical (unpaired) electrons. The highest BCUT2D eigenvalue weighted by atomic mass is 35.5. The van der Waals surface area contributed by atoms with E-state index in [4.69, 9.17) is 17.3 Å². The Morgan fingerprint density at radius 1 is 1.48 bits per heavy atom. The van der Waals surface area contributed by atoms with Crippen molar-refractivity contribution < 1.29 is 4.79 Å². The number of benzene rings is 1. The van der Waals surface area contributed by atoms with Crippen molar-refractivity contribution in [3.05, 3.63) is 23.2 Å². The average molecular weight is 310 g/mol. The minimum atomic E-state index is -0.180. The lowest BCUT2D eigenvalue weighted by Crippen LogP contribution is -2.51. The highest BCUT2D eigenvalue weighted by molar-refractivity contribution is 6.31. The van der Waals surface area contributed by atoms with Gasteiger partial charge in [-0.3, -0.25) is 9.69 Å². The van der Waals surface area contributed by atoms with E-state index in [-0.39, 0.29) is 11.9 Å². The normalized spacial score (nSPS) is 24.6. The molecule has 3 atom stereocenters.